The summed E-state index contributed by atoms with van der Waals surface area (Å²) in [5.74, 6) is 3.58. The summed E-state index contributed by atoms with van der Waals surface area (Å²) in [5, 5.41) is 3.71. The summed E-state index contributed by atoms with van der Waals surface area (Å²) >= 11 is 0. The van der Waals surface area contributed by atoms with Crippen LogP contribution in [0.15, 0.2) is 24.3 Å². The van der Waals surface area contributed by atoms with Crippen molar-refractivity contribution >= 4 is 0 Å². The normalized spacial score (nSPS) is 26.9. The fourth-order valence-corrected chi connectivity index (χ4v) is 4.82. The van der Waals surface area contributed by atoms with Gasteiger partial charge in [0.05, 0.1) is 6.10 Å². The van der Waals surface area contributed by atoms with E-state index in [1.54, 1.807) is 7.11 Å². The van der Waals surface area contributed by atoms with Crippen molar-refractivity contribution in [1.82, 2.24) is 5.32 Å². The Morgan fingerprint density at radius 3 is 2.65 bits per heavy atom. The van der Waals surface area contributed by atoms with Crippen molar-refractivity contribution in [2.75, 3.05) is 20.7 Å². The van der Waals surface area contributed by atoms with E-state index in [1.165, 1.54) is 22.3 Å². The summed E-state index contributed by atoms with van der Waals surface area (Å²) < 4.78 is 28.4. The fourth-order valence-electron chi connectivity index (χ4n) is 4.82. The van der Waals surface area contributed by atoms with Crippen molar-refractivity contribution in [3.63, 3.8) is 0 Å². The second-order valence-corrected chi connectivity index (χ2v) is 7.13. The maximum Gasteiger partial charge on any atom is 0.231 e. The SMILES string of the molecule is CO[C@H]1Cc2cc3c(cc2[C@H]2NCc4c(ccc5c4OCO5)[C@@H]12)OCO3. The van der Waals surface area contributed by atoms with Crippen LogP contribution >= 0.6 is 0 Å². The Labute approximate surface area is 151 Å². The first-order valence-electron chi connectivity index (χ1n) is 8.93. The predicted molar refractivity (Wildman–Crippen MR) is 92.0 cm³/mol. The quantitative estimate of drug-likeness (QED) is 0.851. The molecule has 134 valence electrons. The van der Waals surface area contributed by atoms with E-state index in [1.807, 2.05) is 6.07 Å². The lowest BCUT2D eigenvalue weighted by Crippen LogP contribution is -2.43. The minimum atomic E-state index is 0.0831. The van der Waals surface area contributed by atoms with E-state index in [-0.39, 0.29) is 18.1 Å². The van der Waals surface area contributed by atoms with Crippen molar-refractivity contribution in [1.29, 1.82) is 0 Å². The number of fused-ring (bicyclic) bond motifs is 8. The van der Waals surface area contributed by atoms with E-state index >= 15 is 0 Å². The third-order valence-corrected chi connectivity index (χ3v) is 5.99. The molecule has 0 radical (unpaired) electrons. The average Bonchev–Trinajstić information content (AvgIpc) is 3.33. The molecule has 2 aromatic rings. The summed E-state index contributed by atoms with van der Waals surface area (Å²) in [4.78, 5) is 0. The van der Waals surface area contributed by atoms with Crippen LogP contribution in [0.4, 0.5) is 0 Å². The molecule has 6 nitrogen and oxygen atoms in total. The van der Waals surface area contributed by atoms with E-state index in [4.69, 9.17) is 23.7 Å². The first-order valence-corrected chi connectivity index (χ1v) is 8.93. The summed E-state index contributed by atoms with van der Waals surface area (Å²) in [6, 6.07) is 8.60. The van der Waals surface area contributed by atoms with Gasteiger partial charge in [0.2, 0.25) is 13.6 Å². The molecule has 4 aliphatic rings. The largest absolute Gasteiger partial charge is 0.454 e. The zero-order valence-electron chi connectivity index (χ0n) is 14.4. The Hall–Kier alpha value is -2.44. The molecule has 0 bridgehead atoms. The van der Waals surface area contributed by atoms with Crippen molar-refractivity contribution in [2.24, 2.45) is 0 Å². The predicted octanol–water partition coefficient (Wildman–Crippen LogP) is 2.64. The molecule has 0 fully saturated rings. The Morgan fingerprint density at radius 2 is 1.77 bits per heavy atom. The highest BCUT2D eigenvalue weighted by Gasteiger charge is 2.43. The lowest BCUT2D eigenvalue weighted by molar-refractivity contribution is 0.0548. The number of hydrogen-bond donors (Lipinski definition) is 1. The monoisotopic (exact) mass is 353 g/mol. The number of rotatable bonds is 1. The summed E-state index contributed by atoms with van der Waals surface area (Å²) in [6.45, 7) is 1.33. The van der Waals surface area contributed by atoms with Crippen molar-refractivity contribution in [2.45, 2.75) is 31.0 Å². The van der Waals surface area contributed by atoms with Gasteiger partial charge in [-0.25, -0.2) is 0 Å². The molecule has 3 atom stereocenters. The van der Waals surface area contributed by atoms with Gasteiger partial charge in [0.25, 0.3) is 0 Å². The molecule has 26 heavy (non-hydrogen) atoms. The molecule has 1 aliphatic carbocycles. The Morgan fingerprint density at radius 1 is 0.962 bits per heavy atom. The first-order chi connectivity index (χ1) is 12.8. The van der Waals surface area contributed by atoms with Gasteiger partial charge in [-0.05, 0) is 41.3 Å². The van der Waals surface area contributed by atoms with Crippen LogP contribution < -0.4 is 24.3 Å². The molecular weight excluding hydrogens is 334 g/mol. The average molecular weight is 353 g/mol. The van der Waals surface area contributed by atoms with E-state index in [0.29, 0.717) is 13.6 Å². The molecule has 6 rings (SSSR count). The minimum absolute atomic E-state index is 0.0831. The van der Waals surface area contributed by atoms with Gasteiger partial charge in [-0.3, -0.25) is 0 Å². The molecule has 0 spiro atoms. The molecule has 3 aliphatic heterocycles. The van der Waals surface area contributed by atoms with Gasteiger partial charge in [0, 0.05) is 31.2 Å². The number of benzene rings is 2. The van der Waals surface area contributed by atoms with Crippen molar-refractivity contribution in [3.8, 4) is 23.0 Å². The molecule has 2 aromatic carbocycles. The molecular formula is C20H19NO5. The van der Waals surface area contributed by atoms with Crippen LogP contribution in [0.2, 0.25) is 0 Å². The highest BCUT2D eigenvalue weighted by molar-refractivity contribution is 5.58. The first kappa shape index (κ1) is 14.7. The van der Waals surface area contributed by atoms with Crippen LogP contribution in [0.5, 0.6) is 23.0 Å². The lowest BCUT2D eigenvalue weighted by atomic mass is 9.71. The third kappa shape index (κ3) is 1.88. The Balaban J connectivity index is 1.50. The zero-order valence-corrected chi connectivity index (χ0v) is 14.4. The maximum absolute atomic E-state index is 5.93. The standard InChI is InChI=1S/C20H19NO5/c1-22-17-5-10-4-15-16(25-8-24-15)6-12(10)19-18(17)11-2-3-14-20(26-9-23-14)13(11)7-21-19/h2-4,6,17-19,21H,5,7-9H2,1H3/t17-,18-,19+/m0/s1. The van der Waals surface area contributed by atoms with Gasteiger partial charge in [0.15, 0.2) is 23.0 Å². The molecule has 1 N–H and O–H groups in total. The van der Waals surface area contributed by atoms with Crippen molar-refractivity contribution in [3.05, 3.63) is 46.5 Å². The Bertz CT molecular complexity index is 912. The van der Waals surface area contributed by atoms with Crippen LogP contribution in [0, 0.1) is 0 Å². The molecule has 0 unspecified atom stereocenters. The van der Waals surface area contributed by atoms with Crippen LogP contribution in [0.3, 0.4) is 0 Å². The van der Waals surface area contributed by atoms with Gasteiger partial charge >= 0.3 is 0 Å². The van der Waals surface area contributed by atoms with E-state index < -0.39 is 0 Å². The van der Waals surface area contributed by atoms with Gasteiger partial charge < -0.3 is 29.0 Å². The van der Waals surface area contributed by atoms with Gasteiger partial charge in [-0.2, -0.15) is 0 Å². The topological polar surface area (TPSA) is 58.2 Å². The summed E-state index contributed by atoms with van der Waals surface area (Å²) in [7, 11) is 1.79. The third-order valence-electron chi connectivity index (χ3n) is 5.99. The number of ether oxygens (including phenoxy) is 5. The number of nitrogens with one attached hydrogen (secondary N) is 1. The molecule has 6 heteroatoms. The maximum atomic E-state index is 5.93. The summed E-state index contributed by atoms with van der Waals surface area (Å²) in [5.41, 5.74) is 5.01. The van der Waals surface area contributed by atoms with Gasteiger partial charge in [0.1, 0.15) is 0 Å². The Kier molecular flexibility index (Phi) is 2.99. The minimum Gasteiger partial charge on any atom is -0.454 e. The smallest absolute Gasteiger partial charge is 0.231 e. The fraction of sp³-hybridized carbons (Fsp3) is 0.400. The van der Waals surface area contributed by atoms with Crippen LogP contribution in [-0.4, -0.2) is 26.8 Å². The molecule has 3 heterocycles. The van der Waals surface area contributed by atoms with Crippen LogP contribution in [0.1, 0.15) is 34.2 Å². The highest BCUT2D eigenvalue weighted by atomic mass is 16.7. The molecule has 0 aromatic heterocycles. The van der Waals surface area contributed by atoms with E-state index in [0.717, 1.165) is 36.0 Å². The zero-order chi connectivity index (χ0) is 17.3. The lowest BCUT2D eigenvalue weighted by Gasteiger charge is -2.43. The van der Waals surface area contributed by atoms with Crippen LogP contribution in [0.25, 0.3) is 0 Å². The highest BCUT2D eigenvalue weighted by Crippen LogP contribution is 2.51. The molecule has 0 amide bonds. The molecule has 0 saturated carbocycles. The second-order valence-electron chi connectivity index (χ2n) is 7.13. The van der Waals surface area contributed by atoms with Gasteiger partial charge in [-0.15, -0.1) is 0 Å². The summed E-state index contributed by atoms with van der Waals surface area (Å²) in [6.07, 6.45) is 0.930. The molecule has 0 saturated heterocycles. The number of methoxy groups -OCH3 is 1. The van der Waals surface area contributed by atoms with E-state index in [2.05, 4.69) is 23.5 Å². The van der Waals surface area contributed by atoms with Crippen LogP contribution in [-0.2, 0) is 17.7 Å². The second kappa shape index (κ2) is 5.28. The van der Waals surface area contributed by atoms with Crippen molar-refractivity contribution < 1.29 is 23.7 Å². The number of hydrogen-bond acceptors (Lipinski definition) is 6. The van der Waals surface area contributed by atoms with Gasteiger partial charge in [-0.1, -0.05) is 6.07 Å². The van der Waals surface area contributed by atoms with E-state index in [9.17, 15) is 0 Å².